The van der Waals surface area contributed by atoms with E-state index in [0.717, 1.165) is 40.9 Å². The highest BCUT2D eigenvalue weighted by Gasteiger charge is 2.38. The summed E-state index contributed by atoms with van der Waals surface area (Å²) in [4.78, 5) is 0. The molecule has 2 bridgehead atoms. The molecule has 0 aliphatic heterocycles. The van der Waals surface area contributed by atoms with Gasteiger partial charge in [0.15, 0.2) is 0 Å². The molecule has 0 radical (unpaired) electrons. The largest absolute Gasteiger partial charge is 0.507 e. The van der Waals surface area contributed by atoms with Crippen LogP contribution in [0.1, 0.15) is 29.4 Å². The number of rotatable bonds is 0. The molecule has 2 N–H and O–H groups in total. The van der Waals surface area contributed by atoms with Gasteiger partial charge in [-0.1, -0.05) is 24.4 Å². The Morgan fingerprint density at radius 2 is 1.38 bits per heavy atom. The van der Waals surface area contributed by atoms with Crippen molar-refractivity contribution in [2.45, 2.75) is 18.3 Å². The number of benzene rings is 2. The van der Waals surface area contributed by atoms with Crippen LogP contribution in [-0.4, -0.2) is 10.2 Å². The molecule has 0 amide bonds. The maximum absolute atomic E-state index is 10.7. The highest BCUT2D eigenvalue weighted by Crippen LogP contribution is 2.58. The van der Waals surface area contributed by atoms with Gasteiger partial charge in [-0.3, -0.25) is 0 Å². The van der Waals surface area contributed by atoms with Crippen LogP contribution >= 0.6 is 34.9 Å². The van der Waals surface area contributed by atoms with Crippen LogP contribution in [0, 0.1) is 3.14 Å². The second-order valence-electron chi connectivity index (χ2n) is 5.66. The number of phenols is 2. The first-order valence-electron chi connectivity index (χ1n) is 6.77. The van der Waals surface area contributed by atoms with E-state index in [1.54, 1.807) is 22.7 Å². The summed E-state index contributed by atoms with van der Waals surface area (Å²) in [7, 11) is 0. The lowest BCUT2D eigenvalue weighted by molar-refractivity contribution is 0.460. The molecule has 21 heavy (non-hydrogen) atoms. The molecule has 5 rings (SSSR count). The Bertz CT molecular complexity index is 948. The predicted octanol–water partition coefficient (Wildman–Crippen LogP) is 5.40. The summed E-state index contributed by atoms with van der Waals surface area (Å²) in [6.45, 7) is 0. The maximum Gasteiger partial charge on any atom is 0.144 e. The van der Waals surface area contributed by atoms with E-state index in [1.807, 2.05) is 12.1 Å². The summed E-state index contributed by atoms with van der Waals surface area (Å²) in [5, 5.41) is 22.9. The quantitative estimate of drug-likeness (QED) is 0.329. The third-order valence-electron chi connectivity index (χ3n) is 4.61. The van der Waals surface area contributed by atoms with Gasteiger partial charge in [-0.2, -0.15) is 0 Å². The number of hydrogen-bond donors (Lipinski definition) is 2. The SMILES string of the molecule is Oc1c2c(c(O)c3cc4sc(=S)sc4cc13)C1C=CC2C1. The predicted molar refractivity (Wildman–Crippen MR) is 90.6 cm³/mol. The van der Waals surface area contributed by atoms with Gasteiger partial charge in [0.2, 0.25) is 0 Å². The van der Waals surface area contributed by atoms with E-state index >= 15 is 0 Å². The van der Waals surface area contributed by atoms with Gasteiger partial charge in [-0.15, -0.1) is 22.7 Å². The molecule has 3 aromatic rings. The monoisotopic (exact) mass is 330 g/mol. The summed E-state index contributed by atoms with van der Waals surface area (Å²) in [5.74, 6) is 1.16. The van der Waals surface area contributed by atoms with E-state index in [1.165, 1.54) is 0 Å². The van der Waals surface area contributed by atoms with Crippen LogP contribution in [0.15, 0.2) is 24.3 Å². The molecule has 2 aromatic carbocycles. The van der Waals surface area contributed by atoms with Crippen molar-refractivity contribution < 1.29 is 10.2 Å². The standard InChI is InChI=1S/C16H10O2S3/c17-14-8-4-10-11(21-16(19)20-10)5-9(8)15(18)13-7-2-1-6(3-7)12(13)14/h1-2,4-7,17-18H,3H2. The average molecular weight is 330 g/mol. The summed E-state index contributed by atoms with van der Waals surface area (Å²) in [6, 6.07) is 3.93. The minimum Gasteiger partial charge on any atom is -0.507 e. The fourth-order valence-electron chi connectivity index (χ4n) is 3.73. The Labute approximate surface area is 133 Å². The Morgan fingerprint density at radius 3 is 1.86 bits per heavy atom. The van der Waals surface area contributed by atoms with Crippen molar-refractivity contribution >= 4 is 55.1 Å². The van der Waals surface area contributed by atoms with E-state index < -0.39 is 0 Å². The number of fused-ring (bicyclic) bond motifs is 7. The Hall–Kier alpha value is -1.43. The van der Waals surface area contributed by atoms with Crippen LogP contribution in [0.25, 0.3) is 20.2 Å². The van der Waals surface area contributed by atoms with Gasteiger partial charge in [0, 0.05) is 43.1 Å². The molecule has 2 nitrogen and oxygen atoms in total. The van der Waals surface area contributed by atoms with Gasteiger partial charge in [0.1, 0.15) is 14.6 Å². The molecule has 0 saturated carbocycles. The first kappa shape index (κ1) is 12.1. The molecule has 2 aliphatic carbocycles. The second-order valence-corrected chi connectivity index (χ2v) is 8.94. The van der Waals surface area contributed by atoms with Crippen LogP contribution in [0.3, 0.4) is 0 Å². The molecule has 1 heterocycles. The summed E-state index contributed by atoms with van der Waals surface area (Å²) >= 11 is 8.37. The van der Waals surface area contributed by atoms with Crippen LogP contribution in [0.2, 0.25) is 0 Å². The van der Waals surface area contributed by atoms with Gasteiger partial charge in [-0.05, 0) is 18.6 Å². The van der Waals surface area contributed by atoms with Crippen LogP contribution in [-0.2, 0) is 0 Å². The average Bonchev–Trinajstić information content (AvgIpc) is 3.14. The van der Waals surface area contributed by atoms with E-state index in [4.69, 9.17) is 12.2 Å². The lowest BCUT2D eigenvalue weighted by Crippen LogP contribution is -1.95. The molecular formula is C16H10O2S3. The van der Waals surface area contributed by atoms with E-state index in [9.17, 15) is 10.2 Å². The third-order valence-corrected chi connectivity index (χ3v) is 7.18. The molecule has 104 valence electrons. The first-order chi connectivity index (χ1) is 10.1. The number of aromatic hydroxyl groups is 2. The minimum atomic E-state index is 0.247. The zero-order chi connectivity index (χ0) is 14.3. The minimum absolute atomic E-state index is 0.247. The van der Waals surface area contributed by atoms with Crippen molar-refractivity contribution in [1.82, 2.24) is 0 Å². The highest BCUT2D eigenvalue weighted by atomic mass is 32.2. The summed E-state index contributed by atoms with van der Waals surface area (Å²) in [6.07, 6.45) is 5.26. The maximum atomic E-state index is 10.7. The van der Waals surface area contributed by atoms with Crippen molar-refractivity contribution in [3.63, 3.8) is 0 Å². The van der Waals surface area contributed by atoms with Gasteiger partial charge < -0.3 is 10.2 Å². The molecule has 0 spiro atoms. The number of allylic oxidation sites excluding steroid dienone is 2. The van der Waals surface area contributed by atoms with Crippen LogP contribution in [0.5, 0.6) is 11.5 Å². The van der Waals surface area contributed by atoms with Crippen molar-refractivity contribution in [3.8, 4) is 11.5 Å². The molecular weight excluding hydrogens is 320 g/mol. The normalized spacial score (nSPS) is 22.5. The van der Waals surface area contributed by atoms with Gasteiger partial charge >= 0.3 is 0 Å². The molecule has 2 atom stereocenters. The molecule has 0 saturated heterocycles. The van der Waals surface area contributed by atoms with E-state index in [2.05, 4.69) is 12.2 Å². The van der Waals surface area contributed by atoms with Gasteiger partial charge in [-0.25, -0.2) is 0 Å². The summed E-state index contributed by atoms with van der Waals surface area (Å²) in [5.41, 5.74) is 1.84. The summed E-state index contributed by atoms with van der Waals surface area (Å²) < 4.78 is 3.02. The number of hydrogen-bond acceptors (Lipinski definition) is 5. The van der Waals surface area contributed by atoms with E-state index in [-0.39, 0.29) is 11.8 Å². The third kappa shape index (κ3) is 1.44. The fraction of sp³-hybridized carbons (Fsp3) is 0.188. The lowest BCUT2D eigenvalue weighted by Gasteiger charge is -2.17. The molecule has 0 fully saturated rings. The Balaban J connectivity index is 2.00. The fourth-order valence-corrected chi connectivity index (χ4v) is 6.26. The molecule has 5 heteroatoms. The highest BCUT2D eigenvalue weighted by molar-refractivity contribution is 7.77. The van der Waals surface area contributed by atoms with Gasteiger partial charge in [0.25, 0.3) is 0 Å². The lowest BCUT2D eigenvalue weighted by atomic mass is 9.91. The Morgan fingerprint density at radius 1 is 0.905 bits per heavy atom. The van der Waals surface area contributed by atoms with Crippen molar-refractivity contribution in [2.24, 2.45) is 0 Å². The molecule has 2 unspecified atom stereocenters. The van der Waals surface area contributed by atoms with Crippen molar-refractivity contribution in [2.75, 3.05) is 0 Å². The first-order valence-corrected chi connectivity index (χ1v) is 8.81. The number of phenolic OH excluding ortho intramolecular Hbond substituents is 2. The van der Waals surface area contributed by atoms with Crippen molar-refractivity contribution in [1.29, 1.82) is 0 Å². The second kappa shape index (κ2) is 3.85. The zero-order valence-corrected chi connectivity index (χ0v) is 13.2. The Kier molecular flexibility index (Phi) is 2.23. The topological polar surface area (TPSA) is 40.5 Å². The van der Waals surface area contributed by atoms with Crippen LogP contribution in [0.4, 0.5) is 0 Å². The molecule has 1 aromatic heterocycles. The van der Waals surface area contributed by atoms with Gasteiger partial charge in [0.05, 0.1) is 0 Å². The van der Waals surface area contributed by atoms with Crippen molar-refractivity contribution in [3.05, 3.63) is 38.5 Å². The zero-order valence-electron chi connectivity index (χ0n) is 10.8. The van der Waals surface area contributed by atoms with E-state index in [0.29, 0.717) is 11.5 Å². The smallest absolute Gasteiger partial charge is 0.144 e. The van der Waals surface area contributed by atoms with Crippen LogP contribution < -0.4 is 0 Å². The molecule has 2 aliphatic rings.